The molecule has 0 fully saturated rings. The second kappa shape index (κ2) is 7.40. The van der Waals surface area contributed by atoms with E-state index in [1.165, 1.54) is 5.56 Å². The number of oxazole rings is 1. The van der Waals surface area contributed by atoms with E-state index in [0.29, 0.717) is 17.7 Å². The van der Waals surface area contributed by atoms with Gasteiger partial charge >= 0.3 is 5.82 Å². The van der Waals surface area contributed by atoms with Crippen molar-refractivity contribution in [3.63, 3.8) is 0 Å². The third-order valence-corrected chi connectivity index (χ3v) is 4.80. The highest BCUT2D eigenvalue weighted by Gasteiger charge is 2.28. The summed E-state index contributed by atoms with van der Waals surface area (Å²) in [4.78, 5) is 7.82. The van der Waals surface area contributed by atoms with E-state index in [2.05, 4.69) is 53.0 Å². The van der Waals surface area contributed by atoms with Gasteiger partial charge in [0.15, 0.2) is 0 Å². The van der Waals surface area contributed by atoms with Crippen molar-refractivity contribution in [2.24, 2.45) is 0 Å². The Labute approximate surface area is 160 Å². The van der Waals surface area contributed by atoms with Gasteiger partial charge in [-0.05, 0) is 51.2 Å². The molecule has 3 rings (SSSR count). The first-order valence-electron chi connectivity index (χ1n) is 9.42. The van der Waals surface area contributed by atoms with Gasteiger partial charge < -0.3 is 9.26 Å². The van der Waals surface area contributed by atoms with Gasteiger partial charge in [-0.1, -0.05) is 49.7 Å². The zero-order valence-electron chi connectivity index (χ0n) is 16.7. The van der Waals surface area contributed by atoms with Crippen molar-refractivity contribution in [3.8, 4) is 17.1 Å². The molecule has 1 aromatic carbocycles. The minimum atomic E-state index is -0.265. The van der Waals surface area contributed by atoms with E-state index in [-0.39, 0.29) is 11.2 Å². The van der Waals surface area contributed by atoms with Crippen LogP contribution >= 0.6 is 0 Å². The molecule has 0 saturated carbocycles. The number of hydrogen-bond acceptors (Lipinski definition) is 3. The molecule has 0 spiro atoms. The molecule has 140 valence electrons. The zero-order valence-corrected chi connectivity index (χ0v) is 16.7. The third-order valence-electron chi connectivity index (χ3n) is 4.80. The van der Waals surface area contributed by atoms with Crippen molar-refractivity contribution >= 4 is 5.82 Å². The smallest absolute Gasteiger partial charge is 0.335 e. The lowest BCUT2D eigenvalue weighted by Gasteiger charge is -2.12. The number of hydrogen-bond donors (Lipinski definition) is 0. The van der Waals surface area contributed by atoms with Crippen molar-refractivity contribution in [2.75, 3.05) is 0 Å². The SMILES string of the molecule is [C-]#[N+]c1nc(C(C)(C)C)oc1-n1ccc(-c2ccc(C(CC)CC)cc2)n1. The quantitative estimate of drug-likeness (QED) is 0.502. The summed E-state index contributed by atoms with van der Waals surface area (Å²) in [6.45, 7) is 17.9. The Morgan fingerprint density at radius 3 is 2.33 bits per heavy atom. The standard InChI is InChI=1S/C22H26N4O/c1-7-15(8-2)16-9-11-17(12-10-16)18-13-14-26(25-18)20-19(23-6)24-21(27-20)22(3,4)5/h9-15H,7-8H2,1-5H3. The van der Waals surface area contributed by atoms with Crippen LogP contribution in [0.2, 0.25) is 0 Å². The Bertz CT molecular complexity index is 948. The normalized spacial score (nSPS) is 11.7. The molecule has 3 aromatic rings. The number of benzene rings is 1. The lowest BCUT2D eigenvalue weighted by Crippen LogP contribution is -2.11. The molecule has 2 aromatic heterocycles. The molecule has 0 radical (unpaired) electrons. The first-order valence-corrected chi connectivity index (χ1v) is 9.42. The second-order valence-electron chi connectivity index (χ2n) is 7.79. The lowest BCUT2D eigenvalue weighted by atomic mass is 9.93. The van der Waals surface area contributed by atoms with Gasteiger partial charge in [-0.2, -0.15) is 5.10 Å². The average Bonchev–Trinajstić information content (AvgIpc) is 3.30. The summed E-state index contributed by atoms with van der Waals surface area (Å²) in [6.07, 6.45) is 4.10. The summed E-state index contributed by atoms with van der Waals surface area (Å²) in [5.74, 6) is 1.74. The Hall–Kier alpha value is -2.87. The third kappa shape index (κ3) is 3.80. The fourth-order valence-corrected chi connectivity index (χ4v) is 3.12. The summed E-state index contributed by atoms with van der Waals surface area (Å²) >= 11 is 0. The van der Waals surface area contributed by atoms with Crippen LogP contribution in [-0.4, -0.2) is 14.8 Å². The molecular weight excluding hydrogens is 336 g/mol. The van der Waals surface area contributed by atoms with Gasteiger partial charge in [-0.25, -0.2) is 4.68 Å². The minimum Gasteiger partial charge on any atom is -0.414 e. The number of rotatable bonds is 5. The number of nitrogens with zero attached hydrogens (tertiary/aromatic N) is 4. The first-order chi connectivity index (χ1) is 12.9. The van der Waals surface area contributed by atoms with Crippen LogP contribution in [0.15, 0.2) is 40.9 Å². The molecule has 2 heterocycles. The summed E-state index contributed by atoms with van der Waals surface area (Å²) in [5, 5.41) is 4.61. The van der Waals surface area contributed by atoms with Gasteiger partial charge in [0.05, 0.1) is 11.1 Å². The van der Waals surface area contributed by atoms with Gasteiger partial charge in [0.2, 0.25) is 5.88 Å². The van der Waals surface area contributed by atoms with Gasteiger partial charge in [-0.15, -0.1) is 0 Å². The van der Waals surface area contributed by atoms with Crippen LogP contribution in [0, 0.1) is 6.57 Å². The fraction of sp³-hybridized carbons (Fsp3) is 0.409. The highest BCUT2D eigenvalue weighted by molar-refractivity contribution is 5.60. The van der Waals surface area contributed by atoms with E-state index in [1.54, 1.807) is 4.68 Å². The lowest BCUT2D eigenvalue weighted by molar-refractivity contribution is 0.381. The van der Waals surface area contributed by atoms with Crippen molar-refractivity contribution in [1.29, 1.82) is 0 Å². The van der Waals surface area contributed by atoms with Crippen LogP contribution < -0.4 is 0 Å². The van der Waals surface area contributed by atoms with Crippen LogP contribution in [0.4, 0.5) is 5.82 Å². The summed E-state index contributed by atoms with van der Waals surface area (Å²) < 4.78 is 7.46. The van der Waals surface area contributed by atoms with Gasteiger partial charge in [-0.3, -0.25) is 0 Å². The maximum Gasteiger partial charge on any atom is 0.335 e. The zero-order chi connectivity index (χ0) is 19.6. The van der Waals surface area contributed by atoms with Crippen LogP contribution in [0.3, 0.4) is 0 Å². The molecule has 5 heteroatoms. The van der Waals surface area contributed by atoms with Crippen LogP contribution in [0.5, 0.6) is 0 Å². The van der Waals surface area contributed by atoms with E-state index in [0.717, 1.165) is 24.1 Å². The monoisotopic (exact) mass is 362 g/mol. The second-order valence-corrected chi connectivity index (χ2v) is 7.79. The molecule has 0 amide bonds. The highest BCUT2D eigenvalue weighted by Crippen LogP contribution is 2.31. The van der Waals surface area contributed by atoms with Gasteiger partial charge in [0.25, 0.3) is 5.89 Å². The van der Waals surface area contributed by atoms with Gasteiger partial charge in [0.1, 0.15) is 0 Å². The molecule has 0 unspecified atom stereocenters. The van der Waals surface area contributed by atoms with E-state index < -0.39 is 0 Å². The first kappa shape index (κ1) is 18.9. The van der Waals surface area contributed by atoms with Crippen molar-refractivity contribution < 1.29 is 4.42 Å². The summed E-state index contributed by atoms with van der Waals surface area (Å²) in [5.41, 5.74) is 2.99. The van der Waals surface area contributed by atoms with Crippen LogP contribution in [0.1, 0.15) is 64.8 Å². The molecular formula is C22H26N4O. The molecule has 0 saturated heterocycles. The molecule has 27 heavy (non-hydrogen) atoms. The maximum absolute atomic E-state index is 7.38. The van der Waals surface area contributed by atoms with Crippen molar-refractivity contribution in [3.05, 3.63) is 59.4 Å². The van der Waals surface area contributed by atoms with E-state index in [9.17, 15) is 0 Å². The molecule has 0 N–H and O–H groups in total. The summed E-state index contributed by atoms with van der Waals surface area (Å²) in [7, 11) is 0. The molecule has 0 aliphatic heterocycles. The molecule has 0 aliphatic carbocycles. The fourth-order valence-electron chi connectivity index (χ4n) is 3.12. The maximum atomic E-state index is 7.38. The van der Waals surface area contributed by atoms with Crippen molar-refractivity contribution in [2.45, 2.75) is 58.8 Å². The van der Waals surface area contributed by atoms with Crippen LogP contribution in [0.25, 0.3) is 22.0 Å². The largest absolute Gasteiger partial charge is 0.414 e. The minimum absolute atomic E-state index is 0.235. The van der Waals surface area contributed by atoms with E-state index in [4.69, 9.17) is 11.0 Å². The molecule has 0 bridgehead atoms. The topological polar surface area (TPSA) is 48.2 Å². The summed E-state index contributed by atoms with van der Waals surface area (Å²) in [6, 6.07) is 10.5. The molecule has 0 atom stereocenters. The Morgan fingerprint density at radius 2 is 1.78 bits per heavy atom. The Kier molecular flexibility index (Phi) is 5.18. The van der Waals surface area contributed by atoms with Crippen molar-refractivity contribution in [1.82, 2.24) is 14.8 Å². The number of aromatic nitrogens is 3. The Morgan fingerprint density at radius 1 is 1.11 bits per heavy atom. The van der Waals surface area contributed by atoms with Crippen LogP contribution in [-0.2, 0) is 5.41 Å². The average molecular weight is 362 g/mol. The van der Waals surface area contributed by atoms with E-state index >= 15 is 0 Å². The highest BCUT2D eigenvalue weighted by atomic mass is 16.4. The predicted molar refractivity (Wildman–Crippen MR) is 107 cm³/mol. The van der Waals surface area contributed by atoms with Gasteiger partial charge in [0, 0.05) is 11.8 Å². The molecule has 0 aliphatic rings. The predicted octanol–water partition coefficient (Wildman–Crippen LogP) is 6.28. The molecule has 5 nitrogen and oxygen atoms in total. The van der Waals surface area contributed by atoms with E-state index in [1.807, 2.05) is 33.0 Å². The Balaban J connectivity index is 1.92.